The van der Waals surface area contributed by atoms with Crippen LogP contribution < -0.4 is 9.80 Å². The molecule has 204 valence electrons. The SMILES string of the molecule is COC(=O)C1(C)C(=O)c2cc(N(C(=O)OC(C)(C)C)C(=O)OC(C)(C)C)ccc2N1C(=O)OC(C)(C)C. The first-order valence-corrected chi connectivity index (χ1v) is 11.7. The summed E-state index contributed by atoms with van der Waals surface area (Å²) in [5.74, 6) is -1.77. The molecule has 1 aliphatic heterocycles. The second-order valence-corrected chi connectivity index (χ2v) is 11.7. The van der Waals surface area contributed by atoms with E-state index in [9.17, 15) is 24.0 Å². The molecule has 1 heterocycles. The third kappa shape index (κ3) is 6.39. The molecule has 2 rings (SSSR count). The summed E-state index contributed by atoms with van der Waals surface area (Å²) in [5, 5.41) is 0. The largest absolute Gasteiger partial charge is 0.467 e. The summed E-state index contributed by atoms with van der Waals surface area (Å²) >= 11 is 0. The molecule has 0 aliphatic carbocycles. The van der Waals surface area contributed by atoms with E-state index in [-0.39, 0.29) is 16.9 Å². The van der Waals surface area contributed by atoms with Crippen molar-refractivity contribution in [2.75, 3.05) is 16.9 Å². The van der Waals surface area contributed by atoms with Gasteiger partial charge in [0, 0.05) is 5.56 Å². The predicted molar refractivity (Wildman–Crippen MR) is 135 cm³/mol. The molecule has 3 amide bonds. The summed E-state index contributed by atoms with van der Waals surface area (Å²) in [6.07, 6.45) is -3.02. The molecular weight excluding hydrogens is 484 g/mol. The summed E-state index contributed by atoms with van der Waals surface area (Å²) in [4.78, 5) is 67.1. The van der Waals surface area contributed by atoms with Crippen LogP contribution in [0.4, 0.5) is 25.8 Å². The Labute approximate surface area is 217 Å². The van der Waals surface area contributed by atoms with Crippen LogP contribution in [0.3, 0.4) is 0 Å². The molecule has 1 aromatic rings. The van der Waals surface area contributed by atoms with Crippen molar-refractivity contribution in [3.63, 3.8) is 0 Å². The average molecular weight is 521 g/mol. The molecular formula is C26H36N2O9. The minimum atomic E-state index is -2.08. The maximum absolute atomic E-state index is 13.6. The normalized spacial score (nSPS) is 17.6. The number of ether oxygens (including phenoxy) is 4. The predicted octanol–water partition coefficient (Wildman–Crippen LogP) is 5.23. The van der Waals surface area contributed by atoms with Gasteiger partial charge in [-0.05, 0) is 87.4 Å². The lowest BCUT2D eigenvalue weighted by atomic mass is 9.95. The van der Waals surface area contributed by atoms with Gasteiger partial charge in [0.25, 0.3) is 0 Å². The van der Waals surface area contributed by atoms with Gasteiger partial charge in [0.2, 0.25) is 11.3 Å². The van der Waals surface area contributed by atoms with Crippen molar-refractivity contribution in [2.45, 2.75) is 91.6 Å². The number of amides is 3. The summed E-state index contributed by atoms with van der Waals surface area (Å²) < 4.78 is 21.1. The van der Waals surface area contributed by atoms with Gasteiger partial charge in [-0.3, -0.25) is 9.69 Å². The van der Waals surface area contributed by atoms with Gasteiger partial charge >= 0.3 is 24.2 Å². The number of rotatable bonds is 2. The van der Waals surface area contributed by atoms with Crippen molar-refractivity contribution in [1.29, 1.82) is 0 Å². The molecule has 1 atom stereocenters. The molecule has 1 aromatic carbocycles. The zero-order valence-electron chi connectivity index (χ0n) is 23.3. The van der Waals surface area contributed by atoms with Crippen LogP contribution in [0.15, 0.2) is 18.2 Å². The summed E-state index contributed by atoms with van der Waals surface area (Å²) in [7, 11) is 1.09. The highest BCUT2D eigenvalue weighted by molar-refractivity contribution is 6.29. The van der Waals surface area contributed by atoms with Crippen molar-refractivity contribution in [3.05, 3.63) is 23.8 Å². The fourth-order valence-corrected chi connectivity index (χ4v) is 3.52. The van der Waals surface area contributed by atoms with Crippen molar-refractivity contribution >= 4 is 41.4 Å². The van der Waals surface area contributed by atoms with Crippen LogP contribution in [-0.4, -0.2) is 59.5 Å². The van der Waals surface area contributed by atoms with Gasteiger partial charge in [-0.25, -0.2) is 19.2 Å². The molecule has 0 saturated heterocycles. The Kier molecular flexibility index (Phi) is 7.74. The van der Waals surface area contributed by atoms with E-state index in [0.717, 1.165) is 12.0 Å². The quantitative estimate of drug-likeness (QED) is 0.292. The number of carbonyl (C=O) groups excluding carboxylic acids is 5. The number of ketones is 1. The van der Waals surface area contributed by atoms with E-state index in [0.29, 0.717) is 4.90 Å². The van der Waals surface area contributed by atoms with E-state index < -0.39 is 52.4 Å². The van der Waals surface area contributed by atoms with Crippen molar-refractivity contribution in [2.24, 2.45) is 0 Å². The maximum atomic E-state index is 13.6. The minimum Gasteiger partial charge on any atom is -0.467 e. The zero-order chi connectivity index (χ0) is 28.7. The van der Waals surface area contributed by atoms with Crippen LogP contribution in [-0.2, 0) is 23.7 Å². The molecule has 0 fully saturated rings. The second-order valence-electron chi connectivity index (χ2n) is 11.7. The van der Waals surface area contributed by atoms with Gasteiger partial charge in [-0.1, -0.05) is 0 Å². The Morgan fingerprint density at radius 3 is 1.68 bits per heavy atom. The van der Waals surface area contributed by atoms with Gasteiger partial charge in [0.05, 0.1) is 18.5 Å². The lowest BCUT2D eigenvalue weighted by Crippen LogP contribution is -2.58. The standard InChI is InChI=1S/C26H36N2O9/c1-23(2,3)35-20(31)27(21(32)36-24(4,5)6)15-12-13-17-16(14-15)18(29)26(10,19(30)34-11)28(17)22(33)37-25(7,8)9/h12-14H,1-11H3. The van der Waals surface area contributed by atoms with E-state index in [4.69, 9.17) is 18.9 Å². The Balaban J connectivity index is 2.70. The highest BCUT2D eigenvalue weighted by atomic mass is 16.6. The molecule has 0 N–H and O–H groups in total. The number of hydrogen-bond acceptors (Lipinski definition) is 9. The van der Waals surface area contributed by atoms with Crippen molar-refractivity contribution in [1.82, 2.24) is 0 Å². The number of fused-ring (bicyclic) bond motifs is 1. The van der Waals surface area contributed by atoms with Crippen LogP contribution in [0, 0.1) is 0 Å². The first kappa shape index (κ1) is 29.6. The van der Waals surface area contributed by atoms with Gasteiger partial charge < -0.3 is 18.9 Å². The Hall–Kier alpha value is -3.63. The molecule has 0 saturated carbocycles. The fourth-order valence-electron chi connectivity index (χ4n) is 3.52. The number of imide groups is 1. The lowest BCUT2D eigenvalue weighted by Gasteiger charge is -2.33. The smallest absolute Gasteiger partial charge is 0.424 e. The molecule has 1 unspecified atom stereocenters. The Morgan fingerprint density at radius 1 is 0.811 bits per heavy atom. The van der Waals surface area contributed by atoms with Crippen molar-refractivity contribution in [3.8, 4) is 0 Å². The topological polar surface area (TPSA) is 129 Å². The average Bonchev–Trinajstić information content (AvgIpc) is 2.91. The molecule has 11 nitrogen and oxygen atoms in total. The van der Waals surface area contributed by atoms with E-state index in [1.54, 1.807) is 62.3 Å². The summed E-state index contributed by atoms with van der Waals surface area (Å²) in [5.41, 5.74) is -5.02. The summed E-state index contributed by atoms with van der Waals surface area (Å²) in [6, 6.07) is 3.89. The second kappa shape index (κ2) is 9.68. The number of anilines is 2. The summed E-state index contributed by atoms with van der Waals surface area (Å²) in [6.45, 7) is 15.9. The third-order valence-corrected chi connectivity index (χ3v) is 4.92. The van der Waals surface area contributed by atoms with Crippen LogP contribution in [0.5, 0.6) is 0 Å². The monoisotopic (exact) mass is 520 g/mol. The Morgan fingerprint density at radius 2 is 1.27 bits per heavy atom. The highest BCUT2D eigenvalue weighted by Crippen LogP contribution is 2.42. The highest BCUT2D eigenvalue weighted by Gasteiger charge is 2.58. The Bertz CT molecular complexity index is 1090. The van der Waals surface area contributed by atoms with Crippen LogP contribution in [0.1, 0.15) is 79.6 Å². The molecule has 37 heavy (non-hydrogen) atoms. The number of Topliss-reactive ketones (excluding diaryl/α,β-unsaturated/α-hetero) is 1. The zero-order valence-corrected chi connectivity index (χ0v) is 23.3. The van der Waals surface area contributed by atoms with E-state index in [2.05, 4.69) is 0 Å². The minimum absolute atomic E-state index is 0.0456. The first-order chi connectivity index (χ1) is 16.6. The number of esters is 1. The van der Waals surface area contributed by atoms with Gasteiger partial charge in [-0.15, -0.1) is 0 Å². The van der Waals surface area contributed by atoms with Gasteiger partial charge in [0.1, 0.15) is 16.8 Å². The number of hydrogen-bond donors (Lipinski definition) is 0. The molecule has 0 aromatic heterocycles. The maximum Gasteiger partial charge on any atom is 0.424 e. The van der Waals surface area contributed by atoms with E-state index in [1.807, 2.05) is 0 Å². The number of benzene rings is 1. The number of nitrogens with zero attached hydrogens (tertiary/aromatic N) is 2. The first-order valence-electron chi connectivity index (χ1n) is 11.7. The van der Waals surface area contributed by atoms with Crippen LogP contribution in [0.25, 0.3) is 0 Å². The molecule has 1 aliphatic rings. The van der Waals surface area contributed by atoms with Gasteiger partial charge in [-0.2, -0.15) is 4.90 Å². The number of methoxy groups -OCH3 is 1. The van der Waals surface area contributed by atoms with E-state index >= 15 is 0 Å². The molecule has 0 spiro atoms. The van der Waals surface area contributed by atoms with Crippen molar-refractivity contribution < 1.29 is 42.9 Å². The fraction of sp³-hybridized carbons (Fsp3) is 0.577. The van der Waals surface area contributed by atoms with Crippen LogP contribution in [0.2, 0.25) is 0 Å². The third-order valence-electron chi connectivity index (χ3n) is 4.92. The molecule has 11 heteroatoms. The number of carbonyl (C=O) groups is 5. The van der Waals surface area contributed by atoms with Crippen LogP contribution >= 0.6 is 0 Å². The molecule has 0 radical (unpaired) electrons. The van der Waals surface area contributed by atoms with Gasteiger partial charge in [0.15, 0.2) is 0 Å². The lowest BCUT2D eigenvalue weighted by molar-refractivity contribution is -0.144. The molecule has 0 bridgehead atoms. The van der Waals surface area contributed by atoms with E-state index in [1.165, 1.54) is 25.1 Å².